The molecule has 1 aromatic carbocycles. The highest BCUT2D eigenvalue weighted by atomic mass is 16.5. The second kappa shape index (κ2) is 10.8. The van der Waals surface area contributed by atoms with Crippen molar-refractivity contribution in [2.24, 2.45) is 4.99 Å². The van der Waals surface area contributed by atoms with Crippen LogP contribution in [0.2, 0.25) is 0 Å². The van der Waals surface area contributed by atoms with Crippen molar-refractivity contribution in [1.82, 2.24) is 10.6 Å². The molecule has 140 valence electrons. The van der Waals surface area contributed by atoms with E-state index < -0.39 is 0 Å². The van der Waals surface area contributed by atoms with Gasteiger partial charge < -0.3 is 29.6 Å². The van der Waals surface area contributed by atoms with Crippen LogP contribution in [0.25, 0.3) is 0 Å². The summed E-state index contributed by atoms with van der Waals surface area (Å²) < 4.78 is 21.6. The molecule has 0 aromatic heterocycles. The van der Waals surface area contributed by atoms with Crippen LogP contribution in [0.1, 0.15) is 18.4 Å². The van der Waals surface area contributed by atoms with E-state index in [0.29, 0.717) is 6.54 Å². The smallest absolute Gasteiger partial charge is 0.191 e. The van der Waals surface area contributed by atoms with E-state index in [1.54, 1.807) is 21.3 Å². The average Bonchev–Trinajstić information content (AvgIpc) is 3.17. The maximum Gasteiger partial charge on any atom is 0.191 e. The minimum absolute atomic E-state index is 0.266. The Balaban J connectivity index is 1.67. The maximum absolute atomic E-state index is 5.74. The van der Waals surface area contributed by atoms with E-state index in [0.717, 1.165) is 62.2 Å². The lowest BCUT2D eigenvalue weighted by atomic mass is 10.2. The number of hydrogen-bond donors (Lipinski definition) is 2. The van der Waals surface area contributed by atoms with Crippen LogP contribution in [0.4, 0.5) is 0 Å². The Labute approximate surface area is 149 Å². The summed E-state index contributed by atoms with van der Waals surface area (Å²) >= 11 is 0. The van der Waals surface area contributed by atoms with Crippen LogP contribution in [-0.2, 0) is 16.0 Å². The van der Waals surface area contributed by atoms with Crippen LogP contribution in [0.5, 0.6) is 11.5 Å². The Hall–Kier alpha value is -1.99. The first-order chi connectivity index (χ1) is 12.3. The molecule has 2 N–H and O–H groups in total. The van der Waals surface area contributed by atoms with Gasteiger partial charge in [0.15, 0.2) is 17.5 Å². The number of nitrogens with one attached hydrogen (secondary N) is 2. The van der Waals surface area contributed by atoms with Gasteiger partial charge in [0.1, 0.15) is 0 Å². The third-order valence-corrected chi connectivity index (χ3v) is 3.99. The summed E-state index contributed by atoms with van der Waals surface area (Å²) in [5.74, 6) is 2.21. The summed E-state index contributed by atoms with van der Waals surface area (Å²) in [6.07, 6.45) is 2.19. The minimum Gasteiger partial charge on any atom is -0.493 e. The fourth-order valence-electron chi connectivity index (χ4n) is 2.57. The van der Waals surface area contributed by atoms with E-state index in [2.05, 4.69) is 15.6 Å². The summed E-state index contributed by atoms with van der Waals surface area (Å²) in [5, 5.41) is 6.58. The number of hydrogen-bond acceptors (Lipinski definition) is 5. The summed E-state index contributed by atoms with van der Waals surface area (Å²) in [7, 11) is 5.02. The summed E-state index contributed by atoms with van der Waals surface area (Å²) in [6, 6.07) is 5.85. The van der Waals surface area contributed by atoms with E-state index in [1.807, 2.05) is 18.2 Å². The number of benzene rings is 1. The first-order valence-electron chi connectivity index (χ1n) is 8.61. The highest BCUT2D eigenvalue weighted by Crippen LogP contribution is 2.27. The molecule has 1 atom stereocenters. The third kappa shape index (κ3) is 6.43. The maximum atomic E-state index is 5.74. The van der Waals surface area contributed by atoms with Crippen molar-refractivity contribution in [3.05, 3.63) is 23.8 Å². The number of methoxy groups -OCH3 is 2. The van der Waals surface area contributed by atoms with Crippen molar-refractivity contribution in [2.45, 2.75) is 25.5 Å². The fraction of sp³-hybridized carbons (Fsp3) is 0.611. The number of ether oxygens (including phenoxy) is 4. The standard InChI is InChI=1S/C18H29N3O4/c1-19-18(20-8-4-9-25-15-7-10-24-13-15)21-12-14-5-6-16(22-2)17(11-14)23-3/h5-6,11,15H,4,7-10,12-13H2,1-3H3,(H2,19,20,21). The highest BCUT2D eigenvalue weighted by molar-refractivity contribution is 5.79. The Morgan fingerprint density at radius 1 is 1.24 bits per heavy atom. The van der Waals surface area contributed by atoms with Gasteiger partial charge in [-0.15, -0.1) is 0 Å². The highest BCUT2D eigenvalue weighted by Gasteiger charge is 2.15. The second-order valence-corrected chi connectivity index (χ2v) is 5.75. The van der Waals surface area contributed by atoms with Crippen LogP contribution in [-0.4, -0.2) is 59.7 Å². The molecule has 0 amide bonds. The van der Waals surface area contributed by atoms with Gasteiger partial charge in [0, 0.05) is 33.4 Å². The molecular weight excluding hydrogens is 322 g/mol. The molecule has 0 spiro atoms. The van der Waals surface area contributed by atoms with Gasteiger partial charge in [0.05, 0.1) is 26.9 Å². The van der Waals surface area contributed by atoms with Gasteiger partial charge in [-0.3, -0.25) is 4.99 Å². The molecule has 0 aliphatic carbocycles. The topological polar surface area (TPSA) is 73.3 Å². The summed E-state index contributed by atoms with van der Waals surface area (Å²) in [6.45, 7) is 3.72. The van der Waals surface area contributed by atoms with Crippen molar-refractivity contribution in [2.75, 3.05) is 47.6 Å². The Morgan fingerprint density at radius 2 is 2.08 bits per heavy atom. The van der Waals surface area contributed by atoms with Crippen LogP contribution in [0.3, 0.4) is 0 Å². The van der Waals surface area contributed by atoms with Gasteiger partial charge in [0.25, 0.3) is 0 Å². The van der Waals surface area contributed by atoms with Gasteiger partial charge in [0.2, 0.25) is 0 Å². The number of rotatable bonds is 9. The molecule has 0 radical (unpaired) electrons. The summed E-state index contributed by atoms with van der Waals surface area (Å²) in [5.41, 5.74) is 1.09. The lowest BCUT2D eigenvalue weighted by molar-refractivity contribution is 0.0420. The first-order valence-corrected chi connectivity index (χ1v) is 8.61. The quantitative estimate of drug-likeness (QED) is 0.400. The number of nitrogens with zero attached hydrogens (tertiary/aromatic N) is 1. The lowest BCUT2D eigenvalue weighted by Gasteiger charge is -2.14. The van der Waals surface area contributed by atoms with Gasteiger partial charge in [-0.2, -0.15) is 0 Å². The largest absolute Gasteiger partial charge is 0.493 e. The van der Waals surface area contributed by atoms with Crippen molar-refractivity contribution >= 4 is 5.96 Å². The molecule has 1 aliphatic heterocycles. The zero-order valence-electron chi connectivity index (χ0n) is 15.3. The van der Waals surface area contributed by atoms with E-state index in [1.165, 1.54) is 0 Å². The van der Waals surface area contributed by atoms with Gasteiger partial charge in [-0.25, -0.2) is 0 Å². The molecule has 7 nitrogen and oxygen atoms in total. The van der Waals surface area contributed by atoms with Crippen molar-refractivity contribution in [3.63, 3.8) is 0 Å². The van der Waals surface area contributed by atoms with Gasteiger partial charge >= 0.3 is 0 Å². The summed E-state index contributed by atoms with van der Waals surface area (Å²) in [4.78, 5) is 4.23. The number of aliphatic imine (C=N–C) groups is 1. The first kappa shape index (κ1) is 19.3. The van der Waals surface area contributed by atoms with E-state index in [-0.39, 0.29) is 6.10 Å². The normalized spacial score (nSPS) is 17.4. The predicted molar refractivity (Wildman–Crippen MR) is 97.5 cm³/mol. The molecule has 1 aromatic rings. The molecule has 1 fully saturated rings. The molecule has 0 saturated carbocycles. The molecular formula is C18H29N3O4. The van der Waals surface area contributed by atoms with Crippen LogP contribution in [0.15, 0.2) is 23.2 Å². The average molecular weight is 351 g/mol. The fourth-order valence-corrected chi connectivity index (χ4v) is 2.57. The monoisotopic (exact) mass is 351 g/mol. The molecule has 1 saturated heterocycles. The van der Waals surface area contributed by atoms with E-state index in [4.69, 9.17) is 18.9 Å². The molecule has 7 heteroatoms. The molecule has 0 bridgehead atoms. The zero-order valence-corrected chi connectivity index (χ0v) is 15.3. The lowest BCUT2D eigenvalue weighted by Crippen LogP contribution is -2.37. The van der Waals surface area contributed by atoms with Gasteiger partial charge in [-0.05, 0) is 30.5 Å². The van der Waals surface area contributed by atoms with E-state index in [9.17, 15) is 0 Å². The van der Waals surface area contributed by atoms with Crippen LogP contribution >= 0.6 is 0 Å². The van der Waals surface area contributed by atoms with Crippen molar-refractivity contribution < 1.29 is 18.9 Å². The molecule has 1 unspecified atom stereocenters. The van der Waals surface area contributed by atoms with E-state index >= 15 is 0 Å². The third-order valence-electron chi connectivity index (χ3n) is 3.99. The number of guanidine groups is 1. The molecule has 1 aliphatic rings. The Morgan fingerprint density at radius 3 is 2.76 bits per heavy atom. The second-order valence-electron chi connectivity index (χ2n) is 5.75. The Bertz CT molecular complexity index is 545. The van der Waals surface area contributed by atoms with Crippen molar-refractivity contribution in [3.8, 4) is 11.5 Å². The van der Waals surface area contributed by atoms with Crippen molar-refractivity contribution in [1.29, 1.82) is 0 Å². The van der Waals surface area contributed by atoms with Crippen LogP contribution in [0, 0.1) is 0 Å². The predicted octanol–water partition coefficient (Wildman–Crippen LogP) is 1.56. The SMILES string of the molecule is CN=C(NCCCOC1CCOC1)NCc1ccc(OC)c(OC)c1. The molecule has 2 rings (SSSR count). The minimum atomic E-state index is 0.266. The Kier molecular flexibility index (Phi) is 8.34. The molecule has 25 heavy (non-hydrogen) atoms. The van der Waals surface area contributed by atoms with Gasteiger partial charge in [-0.1, -0.05) is 6.07 Å². The molecule has 1 heterocycles. The van der Waals surface area contributed by atoms with Crippen LogP contribution < -0.4 is 20.1 Å². The zero-order chi connectivity index (χ0) is 17.9.